The largest absolute Gasteiger partial charge is 0.325 e. The first-order chi connectivity index (χ1) is 6.83. The Kier molecular flexibility index (Phi) is 4.05. The maximum absolute atomic E-state index is 6.21. The molecule has 0 spiro atoms. The summed E-state index contributed by atoms with van der Waals surface area (Å²) in [6, 6.07) is 5.49. The first-order valence-corrected chi connectivity index (χ1v) is 5.81. The molecule has 1 aromatic rings. The smallest absolute Gasteiger partial charge is 0.0439 e. The third kappa shape index (κ3) is 3.37. The van der Waals surface area contributed by atoms with E-state index in [1.165, 1.54) is 0 Å². The van der Waals surface area contributed by atoms with Crippen molar-refractivity contribution in [3.8, 4) is 0 Å². The monoisotopic (exact) mass is 245 g/mol. The number of rotatable bonds is 3. The van der Waals surface area contributed by atoms with E-state index in [2.05, 4.69) is 13.8 Å². The third-order valence-electron chi connectivity index (χ3n) is 2.90. The Morgan fingerprint density at radius 2 is 1.93 bits per heavy atom. The minimum Gasteiger partial charge on any atom is -0.325 e. The van der Waals surface area contributed by atoms with Crippen LogP contribution in [0.2, 0.25) is 10.0 Å². The summed E-state index contributed by atoms with van der Waals surface area (Å²) in [5, 5.41) is 1.44. The molecule has 0 amide bonds. The molecule has 0 aliphatic rings. The molecule has 1 atom stereocenters. The minimum atomic E-state index is -0.256. The van der Waals surface area contributed by atoms with Gasteiger partial charge < -0.3 is 5.73 Å². The second kappa shape index (κ2) is 4.73. The molecular weight excluding hydrogens is 229 g/mol. The lowest BCUT2D eigenvalue weighted by molar-refractivity contribution is 0.338. The van der Waals surface area contributed by atoms with Crippen LogP contribution in [0.15, 0.2) is 18.2 Å². The molecule has 1 rings (SSSR count). The highest BCUT2D eigenvalue weighted by Crippen LogP contribution is 2.26. The van der Waals surface area contributed by atoms with Gasteiger partial charge >= 0.3 is 0 Å². The van der Waals surface area contributed by atoms with E-state index >= 15 is 0 Å². The first kappa shape index (κ1) is 12.8. The van der Waals surface area contributed by atoms with Crippen LogP contribution < -0.4 is 5.73 Å². The summed E-state index contributed by atoms with van der Waals surface area (Å²) in [6.45, 7) is 6.26. The molecule has 2 N–H and O–H groups in total. The predicted octanol–water partition coefficient (Wildman–Crippen LogP) is 3.91. The fourth-order valence-corrected chi connectivity index (χ4v) is 1.67. The molecule has 0 heterocycles. The van der Waals surface area contributed by atoms with Crippen LogP contribution in [-0.4, -0.2) is 5.54 Å². The molecular formula is C12H17Cl2N. The van der Waals surface area contributed by atoms with Crippen molar-refractivity contribution in [2.75, 3.05) is 0 Å². The molecule has 3 heteroatoms. The Morgan fingerprint density at radius 3 is 2.47 bits per heavy atom. The summed E-state index contributed by atoms with van der Waals surface area (Å²) < 4.78 is 0. The van der Waals surface area contributed by atoms with Crippen molar-refractivity contribution < 1.29 is 0 Å². The van der Waals surface area contributed by atoms with Crippen LogP contribution in [0.5, 0.6) is 0 Å². The number of hydrogen-bond acceptors (Lipinski definition) is 1. The molecule has 0 saturated heterocycles. The summed E-state index contributed by atoms with van der Waals surface area (Å²) in [6.07, 6.45) is 0.740. The number of nitrogens with two attached hydrogens (primary N) is 1. The van der Waals surface area contributed by atoms with Gasteiger partial charge in [0.2, 0.25) is 0 Å². The molecule has 0 aliphatic carbocycles. The summed E-state index contributed by atoms with van der Waals surface area (Å²) in [7, 11) is 0. The second-order valence-electron chi connectivity index (χ2n) is 4.57. The van der Waals surface area contributed by atoms with Crippen LogP contribution in [0.1, 0.15) is 26.3 Å². The van der Waals surface area contributed by atoms with E-state index in [0.717, 1.165) is 17.0 Å². The summed E-state index contributed by atoms with van der Waals surface area (Å²) >= 11 is 12.0. The molecule has 84 valence electrons. The number of hydrogen-bond donors (Lipinski definition) is 1. The van der Waals surface area contributed by atoms with Crippen molar-refractivity contribution in [1.29, 1.82) is 0 Å². The predicted molar refractivity (Wildman–Crippen MR) is 67.6 cm³/mol. The molecule has 1 unspecified atom stereocenters. The highest BCUT2D eigenvalue weighted by molar-refractivity contribution is 6.33. The van der Waals surface area contributed by atoms with Gasteiger partial charge in [-0.15, -0.1) is 0 Å². The van der Waals surface area contributed by atoms with Crippen LogP contribution in [0.3, 0.4) is 0 Å². The zero-order valence-electron chi connectivity index (χ0n) is 9.35. The normalized spacial score (nSPS) is 15.4. The molecule has 0 radical (unpaired) electrons. The average Bonchev–Trinajstić information content (AvgIpc) is 2.10. The van der Waals surface area contributed by atoms with Gasteiger partial charge in [-0.25, -0.2) is 0 Å². The van der Waals surface area contributed by atoms with Crippen LogP contribution in [-0.2, 0) is 6.42 Å². The molecule has 1 nitrogen and oxygen atoms in total. The number of halogens is 2. The lowest BCUT2D eigenvalue weighted by Gasteiger charge is -2.29. The topological polar surface area (TPSA) is 26.0 Å². The maximum atomic E-state index is 6.21. The van der Waals surface area contributed by atoms with E-state index in [4.69, 9.17) is 28.9 Å². The quantitative estimate of drug-likeness (QED) is 0.859. The van der Waals surface area contributed by atoms with Crippen molar-refractivity contribution in [1.82, 2.24) is 0 Å². The van der Waals surface area contributed by atoms with E-state index in [-0.39, 0.29) is 5.54 Å². The molecule has 0 bridgehead atoms. The zero-order valence-corrected chi connectivity index (χ0v) is 10.9. The van der Waals surface area contributed by atoms with Gasteiger partial charge in [0.1, 0.15) is 0 Å². The summed E-state index contributed by atoms with van der Waals surface area (Å²) in [4.78, 5) is 0. The van der Waals surface area contributed by atoms with E-state index in [0.29, 0.717) is 10.9 Å². The second-order valence-corrected chi connectivity index (χ2v) is 5.42. The van der Waals surface area contributed by atoms with E-state index in [9.17, 15) is 0 Å². The molecule has 0 aromatic heterocycles. The first-order valence-electron chi connectivity index (χ1n) is 5.06. The van der Waals surface area contributed by atoms with E-state index in [1.807, 2.05) is 19.1 Å². The van der Waals surface area contributed by atoms with Gasteiger partial charge in [0, 0.05) is 15.6 Å². The molecule has 15 heavy (non-hydrogen) atoms. The SMILES string of the molecule is CC(C)C(C)(N)Cc1cc(Cl)ccc1Cl. The maximum Gasteiger partial charge on any atom is 0.0439 e. The average molecular weight is 246 g/mol. The van der Waals surface area contributed by atoms with Crippen LogP contribution in [0.25, 0.3) is 0 Å². The van der Waals surface area contributed by atoms with Crippen molar-refractivity contribution in [3.05, 3.63) is 33.8 Å². The van der Waals surface area contributed by atoms with E-state index < -0.39 is 0 Å². The molecule has 0 saturated carbocycles. The standard InChI is InChI=1S/C12H17Cl2N/c1-8(2)12(3,15)7-9-6-10(13)4-5-11(9)14/h4-6,8H,7,15H2,1-3H3. The Morgan fingerprint density at radius 1 is 1.33 bits per heavy atom. The zero-order chi connectivity index (χ0) is 11.6. The Balaban J connectivity index is 2.94. The Hall–Kier alpha value is -0.240. The van der Waals surface area contributed by atoms with Gasteiger partial charge in [0.25, 0.3) is 0 Å². The summed E-state index contributed by atoms with van der Waals surface area (Å²) in [5.74, 6) is 0.396. The molecule has 1 aromatic carbocycles. The van der Waals surface area contributed by atoms with Crippen molar-refractivity contribution in [3.63, 3.8) is 0 Å². The van der Waals surface area contributed by atoms with Crippen molar-refractivity contribution in [2.24, 2.45) is 11.7 Å². The van der Waals surface area contributed by atoms with Gasteiger partial charge in [-0.2, -0.15) is 0 Å². The molecule has 0 fully saturated rings. The van der Waals surface area contributed by atoms with Gasteiger partial charge in [-0.3, -0.25) is 0 Å². The van der Waals surface area contributed by atoms with E-state index in [1.54, 1.807) is 6.07 Å². The van der Waals surface area contributed by atoms with Crippen molar-refractivity contribution in [2.45, 2.75) is 32.7 Å². The van der Waals surface area contributed by atoms with Crippen molar-refractivity contribution >= 4 is 23.2 Å². The van der Waals surface area contributed by atoms with Gasteiger partial charge in [0.15, 0.2) is 0 Å². The van der Waals surface area contributed by atoms with Gasteiger partial charge in [-0.1, -0.05) is 37.0 Å². The van der Waals surface area contributed by atoms with Crippen LogP contribution in [0, 0.1) is 5.92 Å². The number of benzene rings is 1. The highest BCUT2D eigenvalue weighted by Gasteiger charge is 2.24. The third-order valence-corrected chi connectivity index (χ3v) is 3.50. The lowest BCUT2D eigenvalue weighted by Crippen LogP contribution is -2.43. The Labute approximate surface area is 102 Å². The minimum absolute atomic E-state index is 0.256. The fourth-order valence-electron chi connectivity index (χ4n) is 1.29. The van der Waals surface area contributed by atoms with Gasteiger partial charge in [-0.05, 0) is 43.0 Å². The summed E-state index contributed by atoms with van der Waals surface area (Å²) in [5.41, 5.74) is 6.97. The van der Waals surface area contributed by atoms with Gasteiger partial charge in [0.05, 0.1) is 0 Å². The highest BCUT2D eigenvalue weighted by atomic mass is 35.5. The van der Waals surface area contributed by atoms with Crippen LogP contribution >= 0.6 is 23.2 Å². The lowest BCUT2D eigenvalue weighted by atomic mass is 9.84. The fraction of sp³-hybridized carbons (Fsp3) is 0.500. The van der Waals surface area contributed by atoms with Crippen LogP contribution in [0.4, 0.5) is 0 Å². The Bertz CT molecular complexity index is 345. The molecule has 0 aliphatic heterocycles.